The van der Waals surface area contributed by atoms with E-state index in [1.807, 2.05) is 24.3 Å². The van der Waals surface area contributed by atoms with Crippen molar-refractivity contribution in [3.63, 3.8) is 0 Å². The van der Waals surface area contributed by atoms with Gasteiger partial charge < -0.3 is 5.11 Å². The molecular weight excluding hydrogens is 376 g/mol. The molecule has 0 amide bonds. The smallest absolute Gasteiger partial charge is 0.270 e. The van der Waals surface area contributed by atoms with Crippen LogP contribution in [0.15, 0.2) is 51.9 Å². The normalized spacial score (nSPS) is 20.5. The van der Waals surface area contributed by atoms with Crippen LogP contribution in [0.1, 0.15) is 23.6 Å². The Morgan fingerprint density at radius 2 is 2.00 bits per heavy atom. The fourth-order valence-corrected chi connectivity index (χ4v) is 2.74. The van der Waals surface area contributed by atoms with Crippen molar-refractivity contribution >= 4 is 27.8 Å². The maximum Gasteiger partial charge on any atom is 0.270 e. The van der Waals surface area contributed by atoms with Crippen molar-refractivity contribution in [2.45, 2.75) is 18.6 Å². The maximum atomic E-state index is 10.8. The highest BCUT2D eigenvalue weighted by molar-refractivity contribution is 9.10. The minimum atomic E-state index is -0.504. The van der Waals surface area contributed by atoms with E-state index in [1.165, 1.54) is 24.4 Å². The molecule has 0 aliphatic carbocycles. The lowest BCUT2D eigenvalue weighted by Crippen LogP contribution is -2.29. The van der Waals surface area contributed by atoms with Crippen molar-refractivity contribution in [1.29, 1.82) is 0 Å². The van der Waals surface area contributed by atoms with Gasteiger partial charge in [-0.1, -0.05) is 28.1 Å². The van der Waals surface area contributed by atoms with Crippen molar-refractivity contribution < 1.29 is 10.0 Å². The van der Waals surface area contributed by atoms with Gasteiger partial charge in [-0.2, -0.15) is 0 Å². The van der Waals surface area contributed by atoms with E-state index < -0.39 is 4.92 Å². The van der Waals surface area contributed by atoms with E-state index in [-0.39, 0.29) is 23.6 Å². The van der Waals surface area contributed by atoms with Crippen LogP contribution in [0.3, 0.4) is 0 Å². The Morgan fingerprint density at radius 1 is 1.25 bits per heavy atom. The third kappa shape index (κ3) is 3.78. The molecule has 2 unspecified atom stereocenters. The summed E-state index contributed by atoms with van der Waals surface area (Å²) in [6.45, 7) is 0. The number of rotatable bonds is 4. The largest absolute Gasteiger partial charge is 0.507 e. The zero-order chi connectivity index (χ0) is 17.1. The lowest BCUT2D eigenvalue weighted by atomic mass is 10.0. The second-order valence-corrected chi connectivity index (χ2v) is 6.34. The summed E-state index contributed by atoms with van der Waals surface area (Å²) in [4.78, 5) is 14.7. The minimum absolute atomic E-state index is 0.0419. The van der Waals surface area contributed by atoms with Gasteiger partial charge in [0.2, 0.25) is 0 Å². The summed E-state index contributed by atoms with van der Waals surface area (Å²) in [5, 5.41) is 20.6. The summed E-state index contributed by atoms with van der Waals surface area (Å²) >= 11 is 3.41. The summed E-state index contributed by atoms with van der Waals surface area (Å²) in [7, 11) is 0. The number of aliphatic imine (C=N–C) groups is 1. The Balaban J connectivity index is 1.69. The predicted molar refractivity (Wildman–Crippen MR) is 93.9 cm³/mol. The Morgan fingerprint density at radius 3 is 2.71 bits per heavy atom. The molecule has 124 valence electrons. The molecule has 7 nitrogen and oxygen atoms in total. The standard InChI is InChI=1S/C16H15BrN4O3/c17-12-3-1-10(2-4-12)14-8-16(20-19-14)18-9-11-7-13(21(23)24)5-6-15(11)22/h1-7,9,14,16,19-20,22H,8H2/b18-9+. The predicted octanol–water partition coefficient (Wildman–Crippen LogP) is 3.05. The third-order valence-corrected chi connectivity index (χ3v) is 4.30. The highest BCUT2D eigenvalue weighted by atomic mass is 79.9. The first-order chi connectivity index (χ1) is 11.5. The molecule has 2 aromatic rings. The van der Waals surface area contributed by atoms with Crippen molar-refractivity contribution in [2.24, 2.45) is 4.99 Å². The molecule has 0 spiro atoms. The van der Waals surface area contributed by atoms with Gasteiger partial charge in [-0.25, -0.2) is 10.9 Å². The van der Waals surface area contributed by atoms with Crippen molar-refractivity contribution in [3.05, 3.63) is 68.2 Å². The number of hydrogen-bond donors (Lipinski definition) is 3. The van der Waals surface area contributed by atoms with Crippen molar-refractivity contribution in [1.82, 2.24) is 10.9 Å². The van der Waals surface area contributed by atoms with Crippen molar-refractivity contribution in [2.75, 3.05) is 0 Å². The van der Waals surface area contributed by atoms with Gasteiger partial charge in [-0.05, 0) is 23.8 Å². The summed E-state index contributed by atoms with van der Waals surface area (Å²) in [5.74, 6) is -0.0419. The number of phenolic OH excluding ortho intramolecular Hbond substituents is 1. The maximum absolute atomic E-state index is 10.8. The van der Waals surface area contributed by atoms with Crippen molar-refractivity contribution in [3.8, 4) is 5.75 Å². The SMILES string of the molecule is O=[N+]([O-])c1ccc(O)c(/C=N/C2CC(c3ccc(Br)cc3)NN2)c1. The van der Waals surface area contributed by atoms with E-state index in [9.17, 15) is 15.2 Å². The highest BCUT2D eigenvalue weighted by Crippen LogP contribution is 2.25. The van der Waals surface area contributed by atoms with Gasteiger partial charge in [-0.3, -0.25) is 15.1 Å². The molecule has 0 bridgehead atoms. The second kappa shape index (κ2) is 7.08. The monoisotopic (exact) mass is 390 g/mol. The minimum Gasteiger partial charge on any atom is -0.507 e. The molecule has 2 atom stereocenters. The van der Waals surface area contributed by atoms with E-state index in [1.54, 1.807) is 0 Å². The summed E-state index contributed by atoms with van der Waals surface area (Å²) < 4.78 is 1.02. The molecule has 1 heterocycles. The average molecular weight is 391 g/mol. The van der Waals surface area contributed by atoms with Crippen LogP contribution in [0.2, 0.25) is 0 Å². The first kappa shape index (κ1) is 16.6. The molecular formula is C16H15BrN4O3. The van der Waals surface area contributed by atoms with E-state index in [2.05, 4.69) is 31.8 Å². The van der Waals surface area contributed by atoms with Gasteiger partial charge in [0.1, 0.15) is 11.9 Å². The van der Waals surface area contributed by atoms with Crippen LogP contribution in [0.5, 0.6) is 5.75 Å². The lowest BCUT2D eigenvalue weighted by Gasteiger charge is -2.08. The number of hydrogen-bond acceptors (Lipinski definition) is 6. The second-order valence-electron chi connectivity index (χ2n) is 5.42. The van der Waals surface area contributed by atoms with Gasteiger partial charge in [0, 0.05) is 40.8 Å². The number of nitro benzene ring substituents is 1. The number of nitrogens with one attached hydrogen (secondary N) is 2. The summed E-state index contributed by atoms with van der Waals surface area (Å²) in [6, 6.07) is 12.0. The van der Waals surface area contributed by atoms with Crippen LogP contribution in [0.25, 0.3) is 0 Å². The summed E-state index contributed by atoms with van der Waals surface area (Å²) in [6.07, 6.45) is 2.00. The van der Waals surface area contributed by atoms with Crippen LogP contribution in [0.4, 0.5) is 5.69 Å². The quantitative estimate of drug-likeness (QED) is 0.423. The van der Waals surface area contributed by atoms with E-state index in [0.29, 0.717) is 5.56 Å². The Kier molecular flexibility index (Phi) is 4.89. The Hall–Kier alpha value is -2.29. The molecule has 1 aliphatic rings. The molecule has 8 heteroatoms. The molecule has 0 saturated carbocycles. The number of phenols is 1. The molecule has 2 aromatic carbocycles. The molecule has 3 rings (SSSR count). The zero-order valence-corrected chi connectivity index (χ0v) is 14.1. The van der Waals surface area contributed by atoms with E-state index >= 15 is 0 Å². The molecule has 1 aliphatic heterocycles. The van der Waals surface area contributed by atoms with E-state index in [4.69, 9.17) is 0 Å². The lowest BCUT2D eigenvalue weighted by molar-refractivity contribution is -0.384. The van der Waals surface area contributed by atoms with Crippen LogP contribution in [-0.4, -0.2) is 22.4 Å². The van der Waals surface area contributed by atoms with Crippen LogP contribution in [-0.2, 0) is 0 Å². The first-order valence-corrected chi connectivity index (χ1v) is 8.09. The number of aromatic hydroxyl groups is 1. The van der Waals surface area contributed by atoms with E-state index in [0.717, 1.165) is 16.5 Å². The Bertz CT molecular complexity index is 779. The van der Waals surface area contributed by atoms with Gasteiger partial charge in [-0.15, -0.1) is 0 Å². The molecule has 0 radical (unpaired) electrons. The molecule has 1 fully saturated rings. The highest BCUT2D eigenvalue weighted by Gasteiger charge is 2.24. The fourth-order valence-electron chi connectivity index (χ4n) is 2.48. The number of halogens is 1. The first-order valence-electron chi connectivity index (χ1n) is 7.30. The molecule has 0 aromatic heterocycles. The Labute approximate surface area is 146 Å². The topological polar surface area (TPSA) is 99.8 Å². The van der Waals surface area contributed by atoms with Gasteiger partial charge in [0.25, 0.3) is 5.69 Å². The molecule has 24 heavy (non-hydrogen) atoms. The summed E-state index contributed by atoms with van der Waals surface area (Å²) in [5.41, 5.74) is 7.62. The molecule has 1 saturated heterocycles. The number of nitro groups is 1. The van der Waals surface area contributed by atoms with Gasteiger partial charge in [0.05, 0.1) is 4.92 Å². The van der Waals surface area contributed by atoms with Gasteiger partial charge >= 0.3 is 0 Å². The van der Waals surface area contributed by atoms with Gasteiger partial charge in [0.15, 0.2) is 0 Å². The van der Waals surface area contributed by atoms with Crippen LogP contribution in [0, 0.1) is 10.1 Å². The number of benzene rings is 2. The molecule has 3 N–H and O–H groups in total. The zero-order valence-electron chi connectivity index (χ0n) is 12.5. The van der Waals surface area contributed by atoms with Crippen LogP contribution < -0.4 is 10.9 Å². The van der Waals surface area contributed by atoms with Crippen LogP contribution >= 0.6 is 15.9 Å². The average Bonchev–Trinajstić information content (AvgIpc) is 3.03. The number of nitrogens with zero attached hydrogens (tertiary/aromatic N) is 2. The third-order valence-electron chi connectivity index (χ3n) is 3.77. The number of non-ortho nitro benzene ring substituents is 1. The number of hydrazine groups is 1. The fraction of sp³-hybridized carbons (Fsp3) is 0.188.